The summed E-state index contributed by atoms with van der Waals surface area (Å²) in [7, 11) is 1.55. The van der Waals surface area contributed by atoms with Crippen LogP contribution in [0.2, 0.25) is 0 Å². The lowest BCUT2D eigenvalue weighted by Crippen LogP contribution is -2.22. The quantitative estimate of drug-likeness (QED) is 0.361. The Morgan fingerprint density at radius 2 is 1.14 bits per heavy atom. The average Bonchev–Trinajstić information content (AvgIpc) is 2.43. The maximum Gasteiger partial charge on any atom is 0.330 e. The second-order valence-corrected chi connectivity index (χ2v) is 3.72. The number of aliphatic hydroxyl groups is 2. The van der Waals surface area contributed by atoms with Crippen LogP contribution >= 0.6 is 0 Å². The van der Waals surface area contributed by atoms with Crippen LogP contribution in [0.1, 0.15) is 13.8 Å². The topological polar surface area (TPSA) is 137 Å². The highest BCUT2D eigenvalue weighted by atomic mass is 16.9. The number of carboxylic acids is 2. The molecule has 0 aromatic rings. The summed E-state index contributed by atoms with van der Waals surface area (Å²) in [5.74, 6) is -1.87. The number of aliphatic carboxylic acids is 2. The predicted molar refractivity (Wildman–Crippen MR) is 78.7 cm³/mol. The molecule has 0 aliphatic heterocycles. The Hall–Kier alpha value is -1.78. The van der Waals surface area contributed by atoms with Crippen LogP contribution in [0.3, 0.4) is 0 Å². The summed E-state index contributed by atoms with van der Waals surface area (Å²) in [6.07, 6.45) is 0. The van der Waals surface area contributed by atoms with E-state index in [4.69, 9.17) is 30.1 Å². The van der Waals surface area contributed by atoms with Gasteiger partial charge in [0.05, 0.1) is 26.4 Å². The van der Waals surface area contributed by atoms with E-state index in [0.29, 0.717) is 0 Å². The van der Waals surface area contributed by atoms with Crippen molar-refractivity contribution in [3.63, 3.8) is 0 Å². The van der Waals surface area contributed by atoms with Crippen molar-refractivity contribution in [2.45, 2.75) is 13.8 Å². The smallest absolute Gasteiger partial charge is 0.330 e. The third kappa shape index (κ3) is 26.7. The number of aliphatic hydroxyl groups excluding tert-OH is 2. The van der Waals surface area contributed by atoms with E-state index in [2.05, 4.69) is 13.2 Å². The van der Waals surface area contributed by atoms with Crippen LogP contribution in [0, 0.1) is 0 Å². The molecular weight excluding hydrogens is 298 g/mol. The van der Waals surface area contributed by atoms with Crippen molar-refractivity contribution in [2.75, 3.05) is 33.5 Å². The Morgan fingerprint density at radius 1 is 0.909 bits per heavy atom. The molecule has 0 amide bonds. The van der Waals surface area contributed by atoms with Crippen LogP contribution in [0.25, 0.3) is 0 Å². The summed E-state index contributed by atoms with van der Waals surface area (Å²) >= 11 is 0. The summed E-state index contributed by atoms with van der Waals surface area (Å²) in [4.78, 5) is 28.7. The summed E-state index contributed by atoms with van der Waals surface area (Å²) in [5.41, 5.74) is 0.352. The molecule has 0 aromatic carbocycles. The van der Waals surface area contributed by atoms with Gasteiger partial charge in [0.1, 0.15) is 0 Å². The molecule has 0 aliphatic carbocycles. The number of hydrogen-bond acceptors (Lipinski definition) is 7. The lowest BCUT2D eigenvalue weighted by molar-refractivity contribution is -0.356. The first-order valence-corrected chi connectivity index (χ1v) is 6.08. The highest BCUT2D eigenvalue weighted by Crippen LogP contribution is 1.85. The van der Waals surface area contributed by atoms with Gasteiger partial charge in [0.2, 0.25) is 0 Å². The number of hydrogen-bond donors (Lipinski definition) is 4. The molecule has 130 valence electrons. The zero-order chi connectivity index (χ0) is 18.1. The molecule has 9 heteroatoms. The molecule has 0 radical (unpaired) electrons. The van der Waals surface area contributed by atoms with Crippen LogP contribution in [0.15, 0.2) is 24.3 Å². The molecule has 0 atom stereocenters. The summed E-state index contributed by atoms with van der Waals surface area (Å²) in [6.45, 7) is 9.50. The minimum atomic E-state index is -0.935. The Balaban J connectivity index is -0.000000261. The standard InChI is InChI=1S/C5H13NO4.2C4H6O2/c1-6(9-4-2-7)10-5-3-8;2*1-3(2)4(5)6/h7-8H,2-5H2,1H3;2*1H2,2H3,(H,5,6). The van der Waals surface area contributed by atoms with Crippen LogP contribution in [0.5, 0.6) is 0 Å². The van der Waals surface area contributed by atoms with E-state index in [1.165, 1.54) is 13.8 Å². The van der Waals surface area contributed by atoms with Gasteiger partial charge in [-0.25, -0.2) is 9.59 Å². The van der Waals surface area contributed by atoms with Gasteiger partial charge in [-0.05, 0) is 13.8 Å². The van der Waals surface area contributed by atoms with Gasteiger partial charge in [-0.1, -0.05) is 18.4 Å². The van der Waals surface area contributed by atoms with Crippen LogP contribution in [-0.4, -0.2) is 71.1 Å². The highest BCUT2D eigenvalue weighted by molar-refractivity contribution is 5.85. The number of carboxylic acid groups (broad SMARTS) is 2. The fourth-order valence-electron chi connectivity index (χ4n) is 0.376. The molecule has 0 aliphatic rings. The second-order valence-electron chi connectivity index (χ2n) is 3.72. The largest absolute Gasteiger partial charge is 0.478 e. The zero-order valence-corrected chi connectivity index (χ0v) is 13.1. The van der Waals surface area contributed by atoms with Gasteiger partial charge in [0.15, 0.2) is 0 Å². The fourth-order valence-corrected chi connectivity index (χ4v) is 0.376. The molecule has 0 unspecified atom stereocenters. The minimum Gasteiger partial charge on any atom is -0.478 e. The van der Waals surface area contributed by atoms with Gasteiger partial charge >= 0.3 is 11.9 Å². The summed E-state index contributed by atoms with van der Waals surface area (Å²) < 4.78 is 0. The number of hydroxylamine groups is 2. The first kappa shape index (κ1) is 25.2. The van der Waals surface area contributed by atoms with Crippen LogP contribution < -0.4 is 0 Å². The monoisotopic (exact) mass is 323 g/mol. The highest BCUT2D eigenvalue weighted by Gasteiger charge is 1.95. The molecular formula is C13H25NO8. The van der Waals surface area contributed by atoms with Crippen molar-refractivity contribution in [3.8, 4) is 0 Å². The Bertz CT molecular complexity index is 287. The maximum atomic E-state index is 9.60. The van der Waals surface area contributed by atoms with Crippen molar-refractivity contribution in [2.24, 2.45) is 0 Å². The van der Waals surface area contributed by atoms with Crippen molar-refractivity contribution in [1.82, 2.24) is 5.23 Å². The van der Waals surface area contributed by atoms with E-state index in [1.807, 2.05) is 0 Å². The molecule has 0 rings (SSSR count). The molecule has 0 spiro atoms. The lowest BCUT2D eigenvalue weighted by atomic mass is 10.4. The predicted octanol–water partition coefficient (Wildman–Crippen LogP) is 0.0602. The minimum absolute atomic E-state index is 0.0488. The van der Waals surface area contributed by atoms with E-state index >= 15 is 0 Å². The van der Waals surface area contributed by atoms with E-state index in [1.54, 1.807) is 7.05 Å². The third-order valence-electron chi connectivity index (χ3n) is 1.46. The number of nitrogens with zero attached hydrogens (tertiary/aromatic N) is 1. The van der Waals surface area contributed by atoms with Gasteiger partial charge < -0.3 is 20.4 Å². The third-order valence-corrected chi connectivity index (χ3v) is 1.46. The second kappa shape index (κ2) is 17.3. The summed E-state index contributed by atoms with van der Waals surface area (Å²) in [5, 5.41) is 33.5. The number of carbonyl (C=O) groups is 2. The Labute approximate surface area is 129 Å². The molecule has 0 bridgehead atoms. The SMILES string of the molecule is C=C(C)C(=O)O.C=C(C)C(=O)O.CN(OCCO)OCCO. The normalized spacial score (nSPS) is 9.00. The van der Waals surface area contributed by atoms with E-state index in [9.17, 15) is 9.59 Å². The van der Waals surface area contributed by atoms with Gasteiger partial charge in [0, 0.05) is 18.2 Å². The molecule has 0 saturated carbocycles. The first-order valence-electron chi connectivity index (χ1n) is 6.08. The van der Waals surface area contributed by atoms with Crippen molar-refractivity contribution < 1.29 is 39.7 Å². The van der Waals surface area contributed by atoms with Crippen molar-refractivity contribution in [1.29, 1.82) is 0 Å². The summed E-state index contributed by atoms with van der Waals surface area (Å²) in [6, 6.07) is 0. The Morgan fingerprint density at radius 3 is 1.27 bits per heavy atom. The van der Waals surface area contributed by atoms with Gasteiger partial charge in [-0.15, -0.1) is 0 Å². The zero-order valence-electron chi connectivity index (χ0n) is 13.1. The molecule has 4 N–H and O–H groups in total. The molecule has 22 heavy (non-hydrogen) atoms. The van der Waals surface area contributed by atoms with E-state index in [-0.39, 0.29) is 37.6 Å². The first-order chi connectivity index (χ1) is 10.1. The fraction of sp³-hybridized carbons (Fsp3) is 0.538. The van der Waals surface area contributed by atoms with Crippen LogP contribution in [-0.2, 0) is 19.3 Å². The van der Waals surface area contributed by atoms with Crippen molar-refractivity contribution >= 4 is 11.9 Å². The molecule has 0 saturated heterocycles. The number of rotatable bonds is 8. The maximum absolute atomic E-state index is 9.60. The lowest BCUT2D eigenvalue weighted by Gasteiger charge is -2.13. The van der Waals surface area contributed by atoms with E-state index < -0.39 is 11.9 Å². The Kier molecular flexibility index (Phi) is 19.8. The van der Waals surface area contributed by atoms with Gasteiger partial charge in [0.25, 0.3) is 0 Å². The average molecular weight is 323 g/mol. The molecule has 9 nitrogen and oxygen atoms in total. The van der Waals surface area contributed by atoms with Crippen LogP contribution in [0.4, 0.5) is 0 Å². The van der Waals surface area contributed by atoms with Gasteiger partial charge in [-0.2, -0.15) is 0 Å². The van der Waals surface area contributed by atoms with E-state index in [0.717, 1.165) is 5.23 Å². The molecule has 0 heterocycles. The molecule has 0 fully saturated rings. The van der Waals surface area contributed by atoms with Gasteiger partial charge in [-0.3, -0.25) is 9.68 Å². The molecule has 0 aromatic heterocycles. The van der Waals surface area contributed by atoms with Crippen molar-refractivity contribution in [3.05, 3.63) is 24.3 Å².